The Labute approximate surface area is 92.3 Å². The molecule has 86 valence electrons. The number of nitrogens with one attached hydrogen (secondary N) is 1. The number of rotatable bonds is 9. The van der Waals surface area contributed by atoms with Crippen LogP contribution < -0.4 is 5.32 Å². The quantitative estimate of drug-likeness (QED) is 0.559. The van der Waals surface area contributed by atoms with Crippen LogP contribution in [0, 0.1) is 0 Å². The fourth-order valence-corrected chi connectivity index (χ4v) is 1.64. The van der Waals surface area contributed by atoms with Crippen molar-refractivity contribution in [1.82, 2.24) is 10.2 Å². The summed E-state index contributed by atoms with van der Waals surface area (Å²) in [6, 6.07) is 0. The van der Waals surface area contributed by atoms with Crippen LogP contribution in [0.3, 0.4) is 0 Å². The maximum atomic E-state index is 9.67. The van der Waals surface area contributed by atoms with Crippen LogP contribution in [0.1, 0.15) is 13.8 Å². The maximum Gasteiger partial charge on any atom is 0.0791 e. The Morgan fingerprint density at radius 3 is 2.50 bits per heavy atom. The van der Waals surface area contributed by atoms with E-state index in [0.29, 0.717) is 6.54 Å². The Morgan fingerprint density at radius 2 is 2.00 bits per heavy atom. The lowest BCUT2D eigenvalue weighted by Gasteiger charge is -2.21. The first kappa shape index (κ1) is 14.2. The van der Waals surface area contributed by atoms with Gasteiger partial charge < -0.3 is 15.3 Å². The Morgan fingerprint density at radius 1 is 1.36 bits per heavy atom. The molecular formula is C10H24N2OS. The summed E-state index contributed by atoms with van der Waals surface area (Å²) in [4.78, 5) is 2.24. The van der Waals surface area contributed by atoms with Crippen molar-refractivity contribution in [1.29, 1.82) is 0 Å². The SMILES string of the molecule is CCN(CC)CC(O)CNCCSC. The lowest BCUT2D eigenvalue weighted by atomic mass is 10.3. The van der Waals surface area contributed by atoms with Crippen LogP contribution in [0.2, 0.25) is 0 Å². The van der Waals surface area contributed by atoms with E-state index >= 15 is 0 Å². The van der Waals surface area contributed by atoms with E-state index in [9.17, 15) is 5.11 Å². The first-order valence-corrected chi connectivity index (χ1v) is 6.74. The molecule has 0 aromatic rings. The number of thioether (sulfide) groups is 1. The predicted octanol–water partition coefficient (Wildman–Crippen LogP) is 0.642. The zero-order valence-electron chi connectivity index (χ0n) is 9.62. The lowest BCUT2D eigenvalue weighted by Crippen LogP contribution is -2.38. The molecule has 0 amide bonds. The largest absolute Gasteiger partial charge is 0.390 e. The molecule has 0 aromatic heterocycles. The summed E-state index contributed by atoms with van der Waals surface area (Å²) in [5, 5.41) is 12.9. The fraction of sp³-hybridized carbons (Fsp3) is 1.00. The van der Waals surface area contributed by atoms with Crippen molar-refractivity contribution >= 4 is 11.8 Å². The molecule has 0 saturated heterocycles. The Balaban J connectivity index is 3.38. The van der Waals surface area contributed by atoms with Crippen molar-refractivity contribution in [3.63, 3.8) is 0 Å². The molecule has 0 bridgehead atoms. The first-order valence-electron chi connectivity index (χ1n) is 5.34. The highest BCUT2D eigenvalue weighted by atomic mass is 32.2. The van der Waals surface area contributed by atoms with Crippen molar-refractivity contribution in [2.24, 2.45) is 0 Å². The molecule has 0 rings (SSSR count). The number of hydrogen-bond acceptors (Lipinski definition) is 4. The minimum atomic E-state index is -0.239. The number of aliphatic hydroxyl groups is 1. The van der Waals surface area contributed by atoms with Gasteiger partial charge in [0.2, 0.25) is 0 Å². The molecule has 0 aliphatic carbocycles. The van der Waals surface area contributed by atoms with Crippen LogP contribution in [-0.4, -0.2) is 60.8 Å². The van der Waals surface area contributed by atoms with Gasteiger partial charge in [-0.1, -0.05) is 13.8 Å². The van der Waals surface area contributed by atoms with Gasteiger partial charge in [0.05, 0.1) is 6.10 Å². The lowest BCUT2D eigenvalue weighted by molar-refractivity contribution is 0.117. The standard InChI is InChI=1S/C10H24N2OS/c1-4-12(5-2)9-10(13)8-11-6-7-14-3/h10-11,13H,4-9H2,1-3H3. The third-order valence-corrected chi connectivity index (χ3v) is 2.84. The molecule has 1 unspecified atom stereocenters. The summed E-state index contributed by atoms with van der Waals surface area (Å²) in [5.74, 6) is 1.11. The maximum absolute atomic E-state index is 9.67. The zero-order chi connectivity index (χ0) is 10.8. The molecule has 0 aliphatic heterocycles. The molecule has 1 atom stereocenters. The van der Waals surface area contributed by atoms with E-state index in [2.05, 4.69) is 30.3 Å². The highest BCUT2D eigenvalue weighted by Gasteiger charge is 2.07. The van der Waals surface area contributed by atoms with E-state index < -0.39 is 0 Å². The van der Waals surface area contributed by atoms with Crippen molar-refractivity contribution in [2.45, 2.75) is 20.0 Å². The second kappa shape index (κ2) is 9.77. The Kier molecular flexibility index (Phi) is 9.93. The van der Waals surface area contributed by atoms with Crippen molar-refractivity contribution < 1.29 is 5.11 Å². The molecule has 4 heteroatoms. The molecular weight excluding hydrogens is 196 g/mol. The van der Waals surface area contributed by atoms with Gasteiger partial charge in [-0.15, -0.1) is 0 Å². The summed E-state index contributed by atoms with van der Waals surface area (Å²) in [6.07, 6.45) is 1.85. The number of likely N-dealkylation sites (N-methyl/N-ethyl adjacent to an activating group) is 1. The molecule has 0 radical (unpaired) electrons. The van der Waals surface area contributed by atoms with Crippen molar-refractivity contribution in [3.05, 3.63) is 0 Å². The predicted molar refractivity (Wildman–Crippen MR) is 65.0 cm³/mol. The highest BCUT2D eigenvalue weighted by Crippen LogP contribution is 1.92. The van der Waals surface area contributed by atoms with Crippen molar-refractivity contribution in [2.75, 3.05) is 44.7 Å². The van der Waals surface area contributed by atoms with Gasteiger partial charge >= 0.3 is 0 Å². The normalized spacial score (nSPS) is 13.5. The third-order valence-electron chi connectivity index (χ3n) is 2.23. The van der Waals surface area contributed by atoms with Gasteiger partial charge in [-0.05, 0) is 19.3 Å². The van der Waals surface area contributed by atoms with Gasteiger partial charge in [0.15, 0.2) is 0 Å². The summed E-state index contributed by atoms with van der Waals surface area (Å²) >= 11 is 1.82. The molecule has 2 N–H and O–H groups in total. The Hall–Kier alpha value is 0.230. The molecule has 0 heterocycles. The summed E-state index contributed by atoms with van der Waals surface area (Å²) in [6.45, 7) is 8.73. The van der Waals surface area contributed by atoms with Crippen LogP contribution in [0.15, 0.2) is 0 Å². The highest BCUT2D eigenvalue weighted by molar-refractivity contribution is 7.98. The van der Waals surface area contributed by atoms with E-state index in [4.69, 9.17) is 0 Å². The topological polar surface area (TPSA) is 35.5 Å². The van der Waals surface area contributed by atoms with Gasteiger partial charge in [-0.25, -0.2) is 0 Å². The first-order chi connectivity index (χ1) is 6.74. The smallest absolute Gasteiger partial charge is 0.0791 e. The van der Waals surface area contributed by atoms with E-state index in [1.165, 1.54) is 0 Å². The molecule has 0 aliphatic rings. The number of hydrogen-bond donors (Lipinski definition) is 2. The van der Waals surface area contributed by atoms with Crippen LogP contribution in [-0.2, 0) is 0 Å². The average Bonchev–Trinajstić information content (AvgIpc) is 2.21. The minimum Gasteiger partial charge on any atom is -0.390 e. The fourth-order valence-electron chi connectivity index (χ4n) is 1.29. The summed E-state index contributed by atoms with van der Waals surface area (Å²) in [7, 11) is 0. The second-order valence-corrected chi connectivity index (χ2v) is 4.32. The summed E-state index contributed by atoms with van der Waals surface area (Å²) < 4.78 is 0. The number of aliphatic hydroxyl groups excluding tert-OH is 1. The van der Waals surface area contributed by atoms with Gasteiger partial charge in [0.25, 0.3) is 0 Å². The third kappa shape index (κ3) is 7.62. The monoisotopic (exact) mass is 220 g/mol. The van der Waals surface area contributed by atoms with E-state index in [1.54, 1.807) is 0 Å². The van der Waals surface area contributed by atoms with Gasteiger partial charge in [-0.2, -0.15) is 11.8 Å². The molecule has 0 saturated carbocycles. The number of nitrogens with zero attached hydrogens (tertiary/aromatic N) is 1. The van der Waals surface area contributed by atoms with Gasteiger partial charge in [0, 0.05) is 25.4 Å². The van der Waals surface area contributed by atoms with Gasteiger partial charge in [-0.3, -0.25) is 0 Å². The molecule has 14 heavy (non-hydrogen) atoms. The molecule has 0 fully saturated rings. The zero-order valence-corrected chi connectivity index (χ0v) is 10.4. The van der Waals surface area contributed by atoms with Gasteiger partial charge in [0.1, 0.15) is 0 Å². The molecule has 3 nitrogen and oxygen atoms in total. The minimum absolute atomic E-state index is 0.239. The van der Waals surface area contributed by atoms with E-state index in [1.807, 2.05) is 11.8 Å². The van der Waals surface area contributed by atoms with Crippen molar-refractivity contribution in [3.8, 4) is 0 Å². The van der Waals surface area contributed by atoms with Crippen LogP contribution in [0.5, 0.6) is 0 Å². The second-order valence-electron chi connectivity index (χ2n) is 3.34. The molecule has 0 spiro atoms. The van der Waals surface area contributed by atoms with Crippen LogP contribution >= 0.6 is 11.8 Å². The van der Waals surface area contributed by atoms with E-state index in [0.717, 1.165) is 31.9 Å². The van der Waals surface area contributed by atoms with Crippen LogP contribution in [0.25, 0.3) is 0 Å². The molecule has 0 aromatic carbocycles. The average molecular weight is 220 g/mol. The Bertz CT molecular complexity index is 121. The van der Waals surface area contributed by atoms with E-state index in [-0.39, 0.29) is 6.10 Å². The summed E-state index contributed by atoms with van der Waals surface area (Å²) in [5.41, 5.74) is 0. The van der Waals surface area contributed by atoms with Crippen LogP contribution in [0.4, 0.5) is 0 Å².